The predicted octanol–water partition coefficient (Wildman–Crippen LogP) is 1.58. The third-order valence-corrected chi connectivity index (χ3v) is 2.38. The third-order valence-electron chi connectivity index (χ3n) is 1.50. The van der Waals surface area contributed by atoms with E-state index in [2.05, 4.69) is 0 Å². The molecule has 1 heterocycles. The molecule has 0 unspecified atom stereocenters. The highest BCUT2D eigenvalue weighted by atomic mass is 32.1. The van der Waals surface area contributed by atoms with Gasteiger partial charge in [0.1, 0.15) is 0 Å². The summed E-state index contributed by atoms with van der Waals surface area (Å²) in [5, 5.41) is 10.2. The van der Waals surface area contributed by atoms with Crippen molar-refractivity contribution < 1.29 is 14.7 Å². The van der Waals surface area contributed by atoms with E-state index in [4.69, 9.17) is 5.11 Å². The summed E-state index contributed by atoms with van der Waals surface area (Å²) in [5.74, 6) is -0.835. The molecule has 0 aromatic carbocycles. The Morgan fingerprint density at radius 3 is 3.00 bits per heavy atom. The number of hydrogen-bond donors (Lipinski definition) is 1. The Balaban J connectivity index is 2.62. The predicted molar refractivity (Wildman–Crippen MR) is 45.7 cm³/mol. The molecule has 0 atom stereocenters. The average molecular weight is 184 g/mol. The minimum Gasteiger partial charge on any atom is -0.481 e. The van der Waals surface area contributed by atoms with E-state index in [9.17, 15) is 9.59 Å². The highest BCUT2D eigenvalue weighted by Crippen LogP contribution is 2.15. The van der Waals surface area contributed by atoms with Crippen molar-refractivity contribution in [3.05, 3.63) is 21.9 Å². The fourth-order valence-corrected chi connectivity index (χ4v) is 1.65. The molecule has 0 fully saturated rings. The van der Waals surface area contributed by atoms with Crippen LogP contribution in [0.3, 0.4) is 0 Å². The van der Waals surface area contributed by atoms with E-state index in [1.54, 1.807) is 11.4 Å². The Morgan fingerprint density at radius 1 is 1.67 bits per heavy atom. The number of carbonyl (C=O) groups is 2. The molecule has 0 aliphatic carbocycles. The van der Waals surface area contributed by atoms with Crippen LogP contribution in [-0.2, 0) is 11.2 Å². The number of hydrogen-bond acceptors (Lipinski definition) is 3. The fraction of sp³-hybridized carbons (Fsp3) is 0.250. The van der Waals surface area contributed by atoms with Crippen LogP contribution < -0.4 is 0 Å². The first-order chi connectivity index (χ1) is 5.74. The quantitative estimate of drug-likeness (QED) is 0.723. The zero-order valence-electron chi connectivity index (χ0n) is 6.32. The second-order valence-corrected chi connectivity index (χ2v) is 3.27. The van der Waals surface area contributed by atoms with Crippen molar-refractivity contribution in [1.29, 1.82) is 0 Å². The highest BCUT2D eigenvalue weighted by Gasteiger charge is 2.04. The van der Waals surface area contributed by atoms with Gasteiger partial charge in [0.05, 0.1) is 4.88 Å². The molecule has 1 rings (SSSR count). The van der Waals surface area contributed by atoms with Gasteiger partial charge in [-0.1, -0.05) is 0 Å². The summed E-state index contributed by atoms with van der Waals surface area (Å²) in [6.07, 6.45) is 1.28. The standard InChI is InChI=1S/C8H8O3S/c9-5-7-6(3-4-12-7)1-2-8(10)11/h3-5H,1-2H2,(H,10,11). The fourth-order valence-electron chi connectivity index (χ4n) is 0.899. The van der Waals surface area contributed by atoms with Gasteiger partial charge in [0, 0.05) is 6.42 Å². The number of aldehydes is 1. The Labute approximate surface area is 73.6 Å². The molecule has 0 spiro atoms. The molecule has 0 saturated heterocycles. The summed E-state index contributed by atoms with van der Waals surface area (Å²) < 4.78 is 0. The van der Waals surface area contributed by atoms with Crippen LogP contribution in [0.25, 0.3) is 0 Å². The molecule has 0 saturated carbocycles. The Bertz CT molecular complexity index is 290. The van der Waals surface area contributed by atoms with E-state index in [1.807, 2.05) is 0 Å². The Morgan fingerprint density at radius 2 is 2.42 bits per heavy atom. The van der Waals surface area contributed by atoms with E-state index in [1.165, 1.54) is 11.3 Å². The molecule has 0 aliphatic heterocycles. The molecule has 3 nitrogen and oxygen atoms in total. The maximum absolute atomic E-state index is 10.4. The SMILES string of the molecule is O=Cc1sccc1CCC(=O)O. The number of carboxylic acid groups (broad SMARTS) is 1. The van der Waals surface area contributed by atoms with Crippen LogP contribution in [0.15, 0.2) is 11.4 Å². The minimum absolute atomic E-state index is 0.0809. The van der Waals surface area contributed by atoms with Crippen LogP contribution in [0.5, 0.6) is 0 Å². The van der Waals surface area contributed by atoms with E-state index < -0.39 is 5.97 Å². The van der Waals surface area contributed by atoms with Crippen LogP contribution >= 0.6 is 11.3 Å². The lowest BCUT2D eigenvalue weighted by atomic mass is 10.1. The average Bonchev–Trinajstić information content (AvgIpc) is 2.47. The second kappa shape index (κ2) is 4.01. The van der Waals surface area contributed by atoms with E-state index >= 15 is 0 Å². The zero-order chi connectivity index (χ0) is 8.97. The number of carbonyl (C=O) groups excluding carboxylic acids is 1. The van der Waals surface area contributed by atoms with Crippen LogP contribution in [-0.4, -0.2) is 17.4 Å². The van der Waals surface area contributed by atoms with E-state index in [0.29, 0.717) is 11.3 Å². The molecule has 0 radical (unpaired) electrons. The summed E-state index contributed by atoms with van der Waals surface area (Å²) in [4.78, 5) is 21.2. The van der Waals surface area contributed by atoms with Gasteiger partial charge in [-0.15, -0.1) is 11.3 Å². The van der Waals surface area contributed by atoms with Gasteiger partial charge in [-0.3, -0.25) is 9.59 Å². The van der Waals surface area contributed by atoms with E-state index in [0.717, 1.165) is 11.8 Å². The third kappa shape index (κ3) is 2.17. The second-order valence-electron chi connectivity index (χ2n) is 2.32. The van der Waals surface area contributed by atoms with Gasteiger partial charge in [0.2, 0.25) is 0 Å². The lowest BCUT2D eigenvalue weighted by Crippen LogP contribution is -1.97. The maximum Gasteiger partial charge on any atom is 0.303 e. The maximum atomic E-state index is 10.4. The monoisotopic (exact) mass is 184 g/mol. The van der Waals surface area contributed by atoms with Gasteiger partial charge in [0.25, 0.3) is 0 Å². The summed E-state index contributed by atoms with van der Waals surface area (Å²) in [6, 6.07) is 1.79. The molecule has 1 N–H and O–H groups in total. The van der Waals surface area contributed by atoms with Crippen molar-refractivity contribution in [3.63, 3.8) is 0 Å². The van der Waals surface area contributed by atoms with Crippen LogP contribution in [0.1, 0.15) is 21.7 Å². The Hall–Kier alpha value is -1.16. The molecule has 0 aliphatic rings. The molecule has 12 heavy (non-hydrogen) atoms. The Kier molecular flexibility index (Phi) is 2.99. The van der Waals surface area contributed by atoms with Gasteiger partial charge in [-0.2, -0.15) is 0 Å². The lowest BCUT2D eigenvalue weighted by molar-refractivity contribution is -0.136. The zero-order valence-corrected chi connectivity index (χ0v) is 7.13. The van der Waals surface area contributed by atoms with Crippen LogP contribution in [0.4, 0.5) is 0 Å². The first-order valence-electron chi connectivity index (χ1n) is 3.47. The van der Waals surface area contributed by atoms with Crippen molar-refractivity contribution >= 4 is 23.6 Å². The summed E-state index contributed by atoms with van der Waals surface area (Å²) >= 11 is 1.34. The number of carboxylic acids is 1. The molecular formula is C8H8O3S. The minimum atomic E-state index is -0.835. The number of thiophene rings is 1. The van der Waals surface area contributed by atoms with Crippen molar-refractivity contribution in [1.82, 2.24) is 0 Å². The lowest BCUT2D eigenvalue weighted by Gasteiger charge is -1.93. The number of rotatable bonds is 4. The topological polar surface area (TPSA) is 54.4 Å². The first kappa shape index (κ1) is 8.93. The van der Waals surface area contributed by atoms with Gasteiger partial charge >= 0.3 is 5.97 Å². The first-order valence-corrected chi connectivity index (χ1v) is 4.35. The van der Waals surface area contributed by atoms with Crippen LogP contribution in [0.2, 0.25) is 0 Å². The van der Waals surface area contributed by atoms with Crippen molar-refractivity contribution in [2.24, 2.45) is 0 Å². The van der Waals surface area contributed by atoms with E-state index in [-0.39, 0.29) is 6.42 Å². The highest BCUT2D eigenvalue weighted by molar-refractivity contribution is 7.11. The molecule has 0 amide bonds. The van der Waals surface area contributed by atoms with Crippen molar-refractivity contribution in [3.8, 4) is 0 Å². The van der Waals surface area contributed by atoms with Gasteiger partial charge in [-0.05, 0) is 23.4 Å². The van der Waals surface area contributed by atoms with Crippen molar-refractivity contribution in [2.45, 2.75) is 12.8 Å². The molecule has 1 aromatic heterocycles. The molecule has 64 valence electrons. The normalized spacial score (nSPS) is 9.67. The largest absolute Gasteiger partial charge is 0.481 e. The molecule has 4 heteroatoms. The van der Waals surface area contributed by atoms with Gasteiger partial charge in [0.15, 0.2) is 6.29 Å². The number of aryl methyl sites for hydroxylation is 1. The smallest absolute Gasteiger partial charge is 0.303 e. The van der Waals surface area contributed by atoms with Crippen molar-refractivity contribution in [2.75, 3.05) is 0 Å². The number of aliphatic carboxylic acids is 1. The summed E-state index contributed by atoms with van der Waals surface area (Å²) in [5.41, 5.74) is 0.831. The summed E-state index contributed by atoms with van der Waals surface area (Å²) in [7, 11) is 0. The molecular weight excluding hydrogens is 176 g/mol. The van der Waals surface area contributed by atoms with Crippen LogP contribution in [0, 0.1) is 0 Å². The van der Waals surface area contributed by atoms with Gasteiger partial charge in [-0.25, -0.2) is 0 Å². The molecule has 0 bridgehead atoms. The van der Waals surface area contributed by atoms with Gasteiger partial charge < -0.3 is 5.11 Å². The molecule has 1 aromatic rings. The summed E-state index contributed by atoms with van der Waals surface area (Å²) in [6.45, 7) is 0.